The molecular formula is C16H19NO. The fourth-order valence-corrected chi connectivity index (χ4v) is 2.02. The van der Waals surface area contributed by atoms with E-state index in [1.54, 1.807) is 7.11 Å². The minimum absolute atomic E-state index is 0.824. The van der Waals surface area contributed by atoms with Crippen LogP contribution in [0, 0.1) is 6.92 Å². The Hall–Kier alpha value is -1.80. The zero-order valence-corrected chi connectivity index (χ0v) is 10.9. The number of hydrogen-bond donors (Lipinski definition) is 1. The third kappa shape index (κ3) is 3.11. The molecule has 2 nitrogen and oxygen atoms in total. The van der Waals surface area contributed by atoms with Crippen molar-refractivity contribution in [1.29, 1.82) is 0 Å². The van der Waals surface area contributed by atoms with Gasteiger partial charge in [0.05, 0.1) is 7.11 Å². The van der Waals surface area contributed by atoms with Crippen LogP contribution in [0.4, 0.5) is 0 Å². The van der Waals surface area contributed by atoms with E-state index in [0.29, 0.717) is 0 Å². The van der Waals surface area contributed by atoms with Crippen molar-refractivity contribution in [3.05, 3.63) is 65.2 Å². The molecule has 0 aromatic heterocycles. The number of benzene rings is 2. The summed E-state index contributed by atoms with van der Waals surface area (Å²) in [6.07, 6.45) is 0. The Labute approximate surface area is 109 Å². The number of nitrogens with one attached hydrogen (secondary N) is 1. The smallest absolute Gasteiger partial charge is 0.123 e. The molecule has 1 N–H and O–H groups in total. The molecule has 0 heterocycles. The van der Waals surface area contributed by atoms with Gasteiger partial charge in [-0.25, -0.2) is 0 Å². The predicted molar refractivity (Wildman–Crippen MR) is 74.7 cm³/mol. The number of methoxy groups -OCH3 is 1. The van der Waals surface area contributed by atoms with Gasteiger partial charge in [-0.1, -0.05) is 42.5 Å². The van der Waals surface area contributed by atoms with E-state index in [1.807, 2.05) is 18.2 Å². The molecule has 94 valence electrons. The number of aryl methyl sites for hydroxylation is 1. The molecule has 2 rings (SSSR count). The Morgan fingerprint density at radius 2 is 1.72 bits per heavy atom. The molecule has 0 saturated carbocycles. The van der Waals surface area contributed by atoms with E-state index in [2.05, 4.69) is 42.6 Å². The third-order valence-electron chi connectivity index (χ3n) is 3.06. The molecule has 2 heteroatoms. The van der Waals surface area contributed by atoms with Gasteiger partial charge in [-0.3, -0.25) is 0 Å². The molecule has 2 aromatic rings. The van der Waals surface area contributed by atoms with Crippen molar-refractivity contribution in [2.75, 3.05) is 7.11 Å². The zero-order valence-electron chi connectivity index (χ0n) is 10.9. The van der Waals surface area contributed by atoms with Gasteiger partial charge >= 0.3 is 0 Å². The summed E-state index contributed by atoms with van der Waals surface area (Å²) in [5, 5.41) is 3.45. The van der Waals surface area contributed by atoms with E-state index >= 15 is 0 Å². The number of ether oxygens (including phenoxy) is 1. The highest BCUT2D eigenvalue weighted by Gasteiger charge is 2.05. The molecule has 2 aromatic carbocycles. The predicted octanol–water partition coefficient (Wildman–Crippen LogP) is 3.29. The quantitative estimate of drug-likeness (QED) is 0.867. The maximum Gasteiger partial charge on any atom is 0.123 e. The summed E-state index contributed by atoms with van der Waals surface area (Å²) >= 11 is 0. The molecule has 0 bridgehead atoms. The lowest BCUT2D eigenvalue weighted by molar-refractivity contribution is 0.407. The molecule has 0 spiro atoms. The Bertz CT molecular complexity index is 494. The summed E-state index contributed by atoms with van der Waals surface area (Å²) in [7, 11) is 1.72. The first kappa shape index (κ1) is 12.7. The molecule has 0 aliphatic heterocycles. The first-order valence-corrected chi connectivity index (χ1v) is 6.18. The van der Waals surface area contributed by atoms with Crippen LogP contribution in [-0.4, -0.2) is 7.11 Å². The van der Waals surface area contributed by atoms with Gasteiger partial charge in [0.1, 0.15) is 5.75 Å². The summed E-state index contributed by atoms with van der Waals surface area (Å²) in [4.78, 5) is 0. The average Bonchev–Trinajstić information content (AvgIpc) is 2.41. The van der Waals surface area contributed by atoms with Crippen LogP contribution in [0.3, 0.4) is 0 Å². The summed E-state index contributed by atoms with van der Waals surface area (Å²) in [5.41, 5.74) is 3.79. The molecule has 0 atom stereocenters. The lowest BCUT2D eigenvalue weighted by atomic mass is 10.1. The molecule has 0 fully saturated rings. The highest BCUT2D eigenvalue weighted by molar-refractivity contribution is 5.39. The van der Waals surface area contributed by atoms with Crippen molar-refractivity contribution in [1.82, 2.24) is 5.32 Å². The monoisotopic (exact) mass is 241 g/mol. The van der Waals surface area contributed by atoms with Crippen LogP contribution in [0.2, 0.25) is 0 Å². The molecule has 0 saturated heterocycles. The number of hydrogen-bond acceptors (Lipinski definition) is 2. The lowest BCUT2D eigenvalue weighted by Gasteiger charge is -2.12. The zero-order chi connectivity index (χ0) is 12.8. The normalized spacial score (nSPS) is 10.3. The topological polar surface area (TPSA) is 21.3 Å². The van der Waals surface area contributed by atoms with Crippen LogP contribution in [-0.2, 0) is 13.1 Å². The largest absolute Gasteiger partial charge is 0.496 e. The molecule has 0 radical (unpaired) electrons. The maximum absolute atomic E-state index is 5.39. The molecule has 18 heavy (non-hydrogen) atoms. The lowest BCUT2D eigenvalue weighted by Crippen LogP contribution is -2.14. The second kappa shape index (κ2) is 6.22. The average molecular weight is 241 g/mol. The first-order valence-electron chi connectivity index (χ1n) is 6.18. The summed E-state index contributed by atoms with van der Waals surface area (Å²) in [5.74, 6) is 0.954. The molecule has 0 aliphatic rings. The van der Waals surface area contributed by atoms with Crippen LogP contribution in [0.5, 0.6) is 5.75 Å². The maximum atomic E-state index is 5.39. The van der Waals surface area contributed by atoms with E-state index in [-0.39, 0.29) is 0 Å². The van der Waals surface area contributed by atoms with Gasteiger partial charge in [0.2, 0.25) is 0 Å². The van der Waals surface area contributed by atoms with Crippen LogP contribution in [0.25, 0.3) is 0 Å². The van der Waals surface area contributed by atoms with Gasteiger partial charge in [0.25, 0.3) is 0 Å². The molecule has 0 amide bonds. The van der Waals surface area contributed by atoms with Crippen LogP contribution < -0.4 is 10.1 Å². The van der Waals surface area contributed by atoms with Gasteiger partial charge in [-0.05, 0) is 24.1 Å². The van der Waals surface area contributed by atoms with E-state index in [4.69, 9.17) is 4.74 Å². The Balaban J connectivity index is 1.98. The van der Waals surface area contributed by atoms with Crippen molar-refractivity contribution in [2.45, 2.75) is 20.0 Å². The number of rotatable bonds is 5. The molecule has 0 unspecified atom stereocenters. The van der Waals surface area contributed by atoms with Gasteiger partial charge < -0.3 is 10.1 Å². The van der Waals surface area contributed by atoms with Gasteiger partial charge in [0.15, 0.2) is 0 Å². The van der Waals surface area contributed by atoms with E-state index in [9.17, 15) is 0 Å². The highest BCUT2D eigenvalue weighted by atomic mass is 16.5. The minimum Gasteiger partial charge on any atom is -0.496 e. The summed E-state index contributed by atoms with van der Waals surface area (Å²) in [6, 6.07) is 16.6. The second-order valence-corrected chi connectivity index (χ2v) is 4.34. The fourth-order valence-electron chi connectivity index (χ4n) is 2.02. The van der Waals surface area contributed by atoms with Crippen molar-refractivity contribution in [2.24, 2.45) is 0 Å². The second-order valence-electron chi connectivity index (χ2n) is 4.34. The molecule has 0 aliphatic carbocycles. The van der Waals surface area contributed by atoms with E-state index in [0.717, 1.165) is 18.8 Å². The first-order chi connectivity index (χ1) is 8.81. The van der Waals surface area contributed by atoms with Gasteiger partial charge in [-0.15, -0.1) is 0 Å². The third-order valence-corrected chi connectivity index (χ3v) is 3.06. The Kier molecular flexibility index (Phi) is 4.37. The van der Waals surface area contributed by atoms with Crippen molar-refractivity contribution in [3.8, 4) is 5.75 Å². The molecular weight excluding hydrogens is 222 g/mol. The fraction of sp³-hybridized carbons (Fsp3) is 0.250. The van der Waals surface area contributed by atoms with Crippen molar-refractivity contribution in [3.63, 3.8) is 0 Å². The summed E-state index contributed by atoms with van der Waals surface area (Å²) < 4.78 is 5.39. The van der Waals surface area contributed by atoms with Crippen LogP contribution >= 0.6 is 0 Å². The minimum atomic E-state index is 0.824. The Morgan fingerprint density at radius 3 is 2.44 bits per heavy atom. The van der Waals surface area contributed by atoms with E-state index in [1.165, 1.54) is 16.7 Å². The summed E-state index contributed by atoms with van der Waals surface area (Å²) in [6.45, 7) is 3.81. The highest BCUT2D eigenvalue weighted by Crippen LogP contribution is 2.21. The van der Waals surface area contributed by atoms with E-state index < -0.39 is 0 Å². The van der Waals surface area contributed by atoms with Gasteiger partial charge in [-0.2, -0.15) is 0 Å². The SMILES string of the molecule is COc1cccc(C)c1CNCc1ccccc1. The standard InChI is InChI=1S/C16H19NO/c1-13-7-6-10-16(18-2)15(13)12-17-11-14-8-4-3-5-9-14/h3-10,17H,11-12H2,1-2H3. The van der Waals surface area contributed by atoms with Crippen LogP contribution in [0.1, 0.15) is 16.7 Å². The Morgan fingerprint density at radius 1 is 0.944 bits per heavy atom. The van der Waals surface area contributed by atoms with Crippen molar-refractivity contribution < 1.29 is 4.74 Å². The van der Waals surface area contributed by atoms with Gasteiger partial charge in [0, 0.05) is 18.7 Å². The van der Waals surface area contributed by atoms with Crippen molar-refractivity contribution >= 4 is 0 Å². The van der Waals surface area contributed by atoms with Crippen LogP contribution in [0.15, 0.2) is 48.5 Å².